The molecule has 1 heterocycles. The molecule has 1 aromatic rings. The van der Waals surface area contributed by atoms with Crippen LogP contribution in [0.15, 0.2) is 17.5 Å². The number of rotatable bonds is 6. The SMILES string of the molecule is CC1CCC(N(C)C(=O)COC(=O)CNC(=O)c2cccs2)CC1. The minimum Gasteiger partial charge on any atom is -0.454 e. The number of amides is 2. The molecule has 1 saturated carbocycles. The van der Waals surface area contributed by atoms with Gasteiger partial charge in [-0.05, 0) is 43.0 Å². The molecule has 1 aliphatic carbocycles. The molecule has 1 aliphatic rings. The van der Waals surface area contributed by atoms with Crippen LogP contribution in [0.5, 0.6) is 0 Å². The van der Waals surface area contributed by atoms with Crippen molar-refractivity contribution in [2.75, 3.05) is 20.2 Å². The van der Waals surface area contributed by atoms with E-state index in [0.29, 0.717) is 4.88 Å². The van der Waals surface area contributed by atoms with Crippen molar-refractivity contribution in [1.82, 2.24) is 10.2 Å². The number of nitrogens with one attached hydrogen (secondary N) is 1. The highest BCUT2D eigenvalue weighted by atomic mass is 32.1. The van der Waals surface area contributed by atoms with Gasteiger partial charge in [0.05, 0.1) is 4.88 Å². The first-order valence-corrected chi connectivity index (χ1v) is 9.08. The molecule has 0 saturated heterocycles. The zero-order valence-electron chi connectivity index (χ0n) is 14.1. The zero-order valence-corrected chi connectivity index (χ0v) is 14.9. The lowest BCUT2D eigenvalue weighted by atomic mass is 9.87. The minimum absolute atomic E-state index is 0.201. The maximum atomic E-state index is 12.1. The van der Waals surface area contributed by atoms with Crippen LogP contribution in [-0.4, -0.2) is 48.9 Å². The first-order chi connectivity index (χ1) is 11.5. The molecule has 2 amide bonds. The van der Waals surface area contributed by atoms with Gasteiger partial charge in [-0.25, -0.2) is 0 Å². The van der Waals surface area contributed by atoms with Gasteiger partial charge in [0.2, 0.25) is 0 Å². The summed E-state index contributed by atoms with van der Waals surface area (Å²) < 4.78 is 4.96. The molecule has 1 N–H and O–H groups in total. The molecule has 0 radical (unpaired) electrons. The molecule has 0 atom stereocenters. The van der Waals surface area contributed by atoms with Crippen LogP contribution >= 0.6 is 11.3 Å². The summed E-state index contributed by atoms with van der Waals surface area (Å²) in [6.45, 7) is 1.70. The Bertz CT molecular complexity index is 565. The third kappa shape index (κ3) is 5.33. The molecule has 7 heteroatoms. The predicted molar refractivity (Wildman–Crippen MR) is 91.8 cm³/mol. The number of nitrogens with zero attached hydrogens (tertiary/aromatic N) is 1. The zero-order chi connectivity index (χ0) is 17.5. The van der Waals surface area contributed by atoms with Gasteiger partial charge in [-0.2, -0.15) is 0 Å². The Morgan fingerprint density at radius 3 is 2.62 bits per heavy atom. The number of thiophene rings is 1. The van der Waals surface area contributed by atoms with Gasteiger partial charge in [-0.3, -0.25) is 14.4 Å². The van der Waals surface area contributed by atoms with E-state index in [1.807, 2.05) is 0 Å². The van der Waals surface area contributed by atoms with Gasteiger partial charge in [0.15, 0.2) is 6.61 Å². The molecule has 2 rings (SSSR count). The summed E-state index contributed by atoms with van der Waals surface area (Å²) >= 11 is 1.30. The topological polar surface area (TPSA) is 75.7 Å². The summed E-state index contributed by atoms with van der Waals surface area (Å²) in [6, 6.07) is 3.67. The molecule has 0 spiro atoms. The number of carbonyl (C=O) groups is 3. The summed E-state index contributed by atoms with van der Waals surface area (Å²) in [5.74, 6) is -0.414. The van der Waals surface area contributed by atoms with Crippen LogP contribution in [0.3, 0.4) is 0 Å². The third-order valence-electron chi connectivity index (χ3n) is 4.42. The molecule has 24 heavy (non-hydrogen) atoms. The van der Waals surface area contributed by atoms with Crippen molar-refractivity contribution in [2.24, 2.45) is 5.92 Å². The number of carbonyl (C=O) groups excluding carboxylic acids is 3. The fraction of sp³-hybridized carbons (Fsp3) is 0.588. The van der Waals surface area contributed by atoms with Gasteiger partial charge >= 0.3 is 5.97 Å². The number of esters is 1. The second-order valence-corrected chi connectivity index (χ2v) is 7.19. The maximum Gasteiger partial charge on any atom is 0.325 e. The van der Waals surface area contributed by atoms with Crippen LogP contribution in [0.25, 0.3) is 0 Å². The van der Waals surface area contributed by atoms with Gasteiger partial charge in [0.25, 0.3) is 11.8 Å². The van der Waals surface area contributed by atoms with E-state index in [1.165, 1.54) is 11.3 Å². The molecule has 6 nitrogen and oxygen atoms in total. The Morgan fingerprint density at radius 1 is 1.29 bits per heavy atom. The van der Waals surface area contributed by atoms with Gasteiger partial charge in [-0.1, -0.05) is 13.0 Å². The first-order valence-electron chi connectivity index (χ1n) is 8.20. The van der Waals surface area contributed by atoms with Crippen molar-refractivity contribution in [3.8, 4) is 0 Å². The number of ether oxygens (including phenoxy) is 1. The average Bonchev–Trinajstić information content (AvgIpc) is 3.12. The number of likely N-dealkylation sites (N-methyl/N-ethyl adjacent to an activating group) is 1. The first kappa shape index (κ1) is 18.4. The van der Waals surface area contributed by atoms with Crippen molar-refractivity contribution in [3.63, 3.8) is 0 Å². The highest BCUT2D eigenvalue weighted by Gasteiger charge is 2.25. The summed E-state index contributed by atoms with van der Waals surface area (Å²) in [4.78, 5) is 37.7. The Balaban J connectivity index is 1.67. The van der Waals surface area contributed by atoms with E-state index >= 15 is 0 Å². The predicted octanol–water partition coefficient (Wildman–Crippen LogP) is 2.06. The van der Waals surface area contributed by atoms with E-state index in [1.54, 1.807) is 29.5 Å². The molecular weight excluding hydrogens is 328 g/mol. The summed E-state index contributed by atoms with van der Waals surface area (Å²) in [6.07, 6.45) is 4.23. The Morgan fingerprint density at radius 2 is 2.00 bits per heavy atom. The molecule has 0 aliphatic heterocycles. The van der Waals surface area contributed by atoms with Crippen molar-refractivity contribution >= 4 is 29.1 Å². The van der Waals surface area contributed by atoms with Crippen LogP contribution < -0.4 is 5.32 Å². The Kier molecular flexibility index (Phi) is 6.78. The smallest absolute Gasteiger partial charge is 0.325 e. The lowest BCUT2D eigenvalue weighted by Gasteiger charge is -2.33. The summed E-state index contributed by atoms with van der Waals surface area (Å²) in [5, 5.41) is 4.26. The summed E-state index contributed by atoms with van der Waals surface area (Å²) in [5.41, 5.74) is 0. The van der Waals surface area contributed by atoms with E-state index in [9.17, 15) is 14.4 Å². The molecule has 1 aromatic heterocycles. The Hall–Kier alpha value is -1.89. The van der Waals surface area contributed by atoms with Gasteiger partial charge < -0.3 is 15.0 Å². The fourth-order valence-corrected chi connectivity index (χ4v) is 3.42. The molecule has 1 fully saturated rings. The molecule has 132 valence electrons. The third-order valence-corrected chi connectivity index (χ3v) is 5.29. The minimum atomic E-state index is -0.612. The molecule has 0 aromatic carbocycles. The van der Waals surface area contributed by atoms with Crippen molar-refractivity contribution in [2.45, 2.75) is 38.6 Å². The quantitative estimate of drug-likeness (QED) is 0.795. The molecule has 0 unspecified atom stereocenters. The summed E-state index contributed by atoms with van der Waals surface area (Å²) in [7, 11) is 1.76. The van der Waals surface area contributed by atoms with Gasteiger partial charge in [0, 0.05) is 13.1 Å². The van der Waals surface area contributed by atoms with Crippen molar-refractivity contribution < 1.29 is 19.1 Å². The van der Waals surface area contributed by atoms with Gasteiger partial charge in [-0.15, -0.1) is 11.3 Å². The van der Waals surface area contributed by atoms with E-state index in [2.05, 4.69) is 12.2 Å². The van der Waals surface area contributed by atoms with Crippen LogP contribution in [0.4, 0.5) is 0 Å². The maximum absolute atomic E-state index is 12.1. The van der Waals surface area contributed by atoms with E-state index in [-0.39, 0.29) is 31.0 Å². The monoisotopic (exact) mass is 352 g/mol. The molecule has 0 bridgehead atoms. The van der Waals surface area contributed by atoms with E-state index in [4.69, 9.17) is 4.74 Å². The normalized spacial score (nSPS) is 20.2. The fourth-order valence-electron chi connectivity index (χ4n) is 2.78. The standard InChI is InChI=1S/C17H24N2O4S/c1-12-5-7-13(8-6-12)19(2)15(20)11-23-16(21)10-18-17(22)14-4-3-9-24-14/h3-4,9,12-13H,5-8,10-11H2,1-2H3,(H,18,22). The van der Waals surface area contributed by atoms with Gasteiger partial charge in [0.1, 0.15) is 6.54 Å². The second-order valence-electron chi connectivity index (χ2n) is 6.24. The number of hydrogen-bond donors (Lipinski definition) is 1. The van der Waals surface area contributed by atoms with Crippen LogP contribution in [-0.2, 0) is 14.3 Å². The van der Waals surface area contributed by atoms with Crippen molar-refractivity contribution in [3.05, 3.63) is 22.4 Å². The lowest BCUT2D eigenvalue weighted by molar-refractivity contribution is -0.151. The second kappa shape index (κ2) is 8.82. The highest BCUT2D eigenvalue weighted by Crippen LogP contribution is 2.26. The van der Waals surface area contributed by atoms with Crippen LogP contribution in [0.2, 0.25) is 0 Å². The Labute approximate surface area is 146 Å². The lowest BCUT2D eigenvalue weighted by Crippen LogP contribution is -2.42. The van der Waals surface area contributed by atoms with Crippen LogP contribution in [0.1, 0.15) is 42.3 Å². The number of hydrogen-bond acceptors (Lipinski definition) is 5. The van der Waals surface area contributed by atoms with E-state index in [0.717, 1.165) is 31.6 Å². The van der Waals surface area contributed by atoms with E-state index < -0.39 is 5.97 Å². The largest absolute Gasteiger partial charge is 0.454 e. The van der Waals surface area contributed by atoms with Crippen LogP contribution in [0, 0.1) is 5.92 Å². The van der Waals surface area contributed by atoms with Crippen molar-refractivity contribution in [1.29, 1.82) is 0 Å². The average molecular weight is 352 g/mol. The highest BCUT2D eigenvalue weighted by molar-refractivity contribution is 7.12. The molecular formula is C17H24N2O4S.